The third-order valence-corrected chi connectivity index (χ3v) is 7.00. The van der Waals surface area contributed by atoms with Crippen LogP contribution in [-0.2, 0) is 4.79 Å². The fraction of sp³-hybridized carbons (Fsp3) is 0.167. The van der Waals surface area contributed by atoms with Gasteiger partial charge >= 0.3 is 5.97 Å². The van der Waals surface area contributed by atoms with Gasteiger partial charge in [0.2, 0.25) is 0 Å². The largest absolute Gasteiger partial charge is 0.481 e. The Balaban J connectivity index is 1.80. The highest BCUT2D eigenvalue weighted by atomic mass is 35.5. The van der Waals surface area contributed by atoms with Gasteiger partial charge in [0.15, 0.2) is 11.6 Å². The lowest BCUT2D eigenvalue weighted by molar-refractivity contribution is -0.136. The second kappa shape index (κ2) is 11.5. The number of carboxylic acids is 1. The maximum absolute atomic E-state index is 13.4. The molecule has 0 aliphatic carbocycles. The summed E-state index contributed by atoms with van der Waals surface area (Å²) in [6, 6.07) is 12.6. The van der Waals surface area contributed by atoms with Gasteiger partial charge in [-0.1, -0.05) is 46.9 Å². The first-order valence-corrected chi connectivity index (χ1v) is 12.0. The van der Waals surface area contributed by atoms with E-state index in [9.17, 15) is 19.2 Å². The Bertz CT molecular complexity index is 1240. The number of carbonyl (C=O) groups excluding carboxylic acids is 3. The molecular formula is C24H20BCl2NO5S. The van der Waals surface area contributed by atoms with Crippen LogP contribution >= 0.6 is 34.5 Å². The van der Waals surface area contributed by atoms with E-state index in [0.29, 0.717) is 21.7 Å². The molecule has 3 rings (SSSR count). The van der Waals surface area contributed by atoms with Crippen molar-refractivity contribution in [1.82, 2.24) is 5.32 Å². The monoisotopic (exact) mass is 515 g/mol. The van der Waals surface area contributed by atoms with Crippen molar-refractivity contribution in [2.24, 2.45) is 0 Å². The molecule has 1 heterocycles. The van der Waals surface area contributed by atoms with Gasteiger partial charge in [-0.2, -0.15) is 0 Å². The molecule has 2 N–H and O–H groups in total. The van der Waals surface area contributed by atoms with E-state index in [2.05, 4.69) is 5.32 Å². The van der Waals surface area contributed by atoms with Crippen molar-refractivity contribution >= 4 is 71.3 Å². The van der Waals surface area contributed by atoms with Crippen molar-refractivity contribution in [2.45, 2.75) is 18.8 Å². The number of thiophene rings is 1. The highest BCUT2D eigenvalue weighted by Crippen LogP contribution is 2.30. The number of hydrogen-bond acceptors (Lipinski definition) is 5. The van der Waals surface area contributed by atoms with E-state index in [4.69, 9.17) is 28.3 Å². The molecule has 174 valence electrons. The molecule has 0 aliphatic heterocycles. The molecule has 1 atom stereocenters. The summed E-state index contributed by atoms with van der Waals surface area (Å²) in [6.07, 6.45) is -0.231. The smallest absolute Gasteiger partial charge is 0.305 e. The normalized spacial score (nSPS) is 11.6. The number of benzene rings is 2. The summed E-state index contributed by atoms with van der Waals surface area (Å²) in [5, 5.41) is 13.7. The first kappa shape index (κ1) is 25.7. The number of carbonyl (C=O) groups is 4. The lowest BCUT2D eigenvalue weighted by Gasteiger charge is -2.15. The number of aliphatic carboxylic acids is 1. The molecule has 34 heavy (non-hydrogen) atoms. The fourth-order valence-corrected chi connectivity index (χ4v) is 4.60. The Morgan fingerprint density at radius 3 is 2.18 bits per heavy atom. The minimum absolute atomic E-state index is 0.00543. The predicted octanol–water partition coefficient (Wildman–Crippen LogP) is 3.76. The number of amides is 1. The van der Waals surface area contributed by atoms with Crippen molar-refractivity contribution in [2.75, 3.05) is 6.54 Å². The Kier molecular flexibility index (Phi) is 8.66. The molecule has 0 aliphatic rings. The standard InChI is InChI=1S/C24H20BCl2NO5S/c25-16-10-21(34-12-16)17(11-20(29)15-5-6-18(26)19(27)9-15)23(32)13-1-3-14(4-2-13)24(33)28-8-7-22(30)31/h1-6,9-10,12,17H,7-8,11,25H2,(H,28,33)(H,30,31). The van der Waals surface area contributed by atoms with Gasteiger partial charge in [-0.25, -0.2) is 0 Å². The summed E-state index contributed by atoms with van der Waals surface area (Å²) in [5.74, 6) is -2.62. The van der Waals surface area contributed by atoms with E-state index < -0.39 is 17.8 Å². The van der Waals surface area contributed by atoms with Crippen molar-refractivity contribution in [3.8, 4) is 0 Å². The highest BCUT2D eigenvalue weighted by molar-refractivity contribution is 7.11. The van der Waals surface area contributed by atoms with Gasteiger partial charge in [0.1, 0.15) is 7.85 Å². The van der Waals surface area contributed by atoms with Crippen molar-refractivity contribution in [3.05, 3.63) is 85.5 Å². The van der Waals surface area contributed by atoms with Crippen molar-refractivity contribution < 1.29 is 24.3 Å². The lowest BCUT2D eigenvalue weighted by atomic mass is 9.88. The number of Topliss-reactive ketones (excluding diaryl/α,β-unsaturated/α-hetero) is 2. The van der Waals surface area contributed by atoms with Gasteiger partial charge in [-0.05, 0) is 35.7 Å². The molecule has 0 fully saturated rings. The van der Waals surface area contributed by atoms with Gasteiger partial charge in [0.05, 0.1) is 22.4 Å². The van der Waals surface area contributed by atoms with E-state index >= 15 is 0 Å². The van der Waals surface area contributed by atoms with Crippen LogP contribution in [0.1, 0.15) is 54.7 Å². The number of carboxylic acid groups (broad SMARTS) is 1. The fourth-order valence-electron chi connectivity index (χ4n) is 3.30. The third-order valence-electron chi connectivity index (χ3n) is 5.10. The van der Waals surface area contributed by atoms with Crippen LogP contribution in [0.15, 0.2) is 53.9 Å². The van der Waals surface area contributed by atoms with Crippen LogP contribution in [0.5, 0.6) is 0 Å². The van der Waals surface area contributed by atoms with Crippen molar-refractivity contribution in [3.63, 3.8) is 0 Å². The van der Waals surface area contributed by atoms with Gasteiger partial charge in [-0.15, -0.1) is 11.3 Å². The lowest BCUT2D eigenvalue weighted by Crippen LogP contribution is -2.26. The van der Waals surface area contributed by atoms with E-state index in [0.717, 1.165) is 10.3 Å². The van der Waals surface area contributed by atoms with Gasteiger partial charge in [0, 0.05) is 34.5 Å². The number of ketones is 2. The molecule has 2 aromatic carbocycles. The van der Waals surface area contributed by atoms with Crippen LogP contribution in [0.25, 0.3) is 0 Å². The molecule has 6 nitrogen and oxygen atoms in total. The summed E-state index contributed by atoms with van der Waals surface area (Å²) in [5.41, 5.74) is 2.03. The minimum Gasteiger partial charge on any atom is -0.481 e. The quantitative estimate of drug-likeness (QED) is 0.316. The number of rotatable bonds is 10. The van der Waals surface area contributed by atoms with Crippen LogP contribution in [0, 0.1) is 0 Å². The van der Waals surface area contributed by atoms with E-state index in [1.54, 1.807) is 12.1 Å². The zero-order valence-corrected chi connectivity index (χ0v) is 20.5. The predicted molar refractivity (Wildman–Crippen MR) is 136 cm³/mol. The van der Waals surface area contributed by atoms with Crippen LogP contribution in [0.3, 0.4) is 0 Å². The SMILES string of the molecule is Bc1csc(C(CC(=O)c2ccc(Cl)c(Cl)c2)C(=O)c2ccc(C(=O)NCCC(=O)O)cc2)c1. The Labute approximate surface area is 211 Å². The van der Waals surface area contributed by atoms with Crippen LogP contribution in [-0.4, -0.2) is 42.9 Å². The summed E-state index contributed by atoms with van der Waals surface area (Å²) < 4.78 is 0. The van der Waals surface area contributed by atoms with Crippen LogP contribution in [0.4, 0.5) is 0 Å². The number of halogens is 2. The van der Waals surface area contributed by atoms with Gasteiger partial charge in [0.25, 0.3) is 5.91 Å². The summed E-state index contributed by atoms with van der Waals surface area (Å²) >= 11 is 13.4. The molecular weight excluding hydrogens is 496 g/mol. The van der Waals surface area contributed by atoms with Crippen LogP contribution in [0.2, 0.25) is 10.0 Å². The van der Waals surface area contributed by atoms with Crippen LogP contribution < -0.4 is 10.8 Å². The summed E-state index contributed by atoms with van der Waals surface area (Å²) in [7, 11) is 1.92. The maximum Gasteiger partial charge on any atom is 0.305 e. The first-order chi connectivity index (χ1) is 16.2. The molecule has 10 heteroatoms. The molecule has 1 unspecified atom stereocenters. The minimum atomic E-state index is -1.01. The topological polar surface area (TPSA) is 101 Å². The molecule has 3 aromatic rings. The maximum atomic E-state index is 13.4. The second-order valence-electron chi connectivity index (χ2n) is 7.68. The first-order valence-electron chi connectivity index (χ1n) is 10.3. The van der Waals surface area contributed by atoms with E-state index in [1.165, 1.54) is 41.7 Å². The van der Waals surface area contributed by atoms with E-state index in [-0.39, 0.29) is 36.0 Å². The Morgan fingerprint density at radius 1 is 0.941 bits per heavy atom. The summed E-state index contributed by atoms with van der Waals surface area (Å²) in [6.45, 7) is 0.00543. The molecule has 0 spiro atoms. The average molecular weight is 516 g/mol. The molecule has 0 bridgehead atoms. The van der Waals surface area contributed by atoms with Gasteiger partial charge < -0.3 is 10.4 Å². The number of nitrogens with one attached hydrogen (secondary N) is 1. The molecule has 0 radical (unpaired) electrons. The van der Waals surface area contributed by atoms with Crippen molar-refractivity contribution in [1.29, 1.82) is 0 Å². The zero-order chi connectivity index (χ0) is 24.8. The molecule has 0 saturated carbocycles. The van der Waals surface area contributed by atoms with E-state index in [1.807, 2.05) is 19.3 Å². The Morgan fingerprint density at radius 2 is 1.59 bits per heavy atom. The second-order valence-corrected chi connectivity index (χ2v) is 9.43. The number of hydrogen-bond donors (Lipinski definition) is 2. The molecule has 1 aromatic heterocycles. The molecule has 0 saturated heterocycles. The molecule has 1 amide bonds. The van der Waals surface area contributed by atoms with Gasteiger partial charge in [-0.3, -0.25) is 19.2 Å². The highest BCUT2D eigenvalue weighted by Gasteiger charge is 2.27. The Hall–Kier alpha value is -2.94. The average Bonchev–Trinajstić information content (AvgIpc) is 3.24. The third kappa shape index (κ3) is 6.56. The zero-order valence-electron chi connectivity index (χ0n) is 18.1. The summed E-state index contributed by atoms with van der Waals surface area (Å²) in [4.78, 5) is 49.9.